The fraction of sp³-hybridized carbons (Fsp3) is 0.800. The summed E-state index contributed by atoms with van der Waals surface area (Å²) >= 11 is 0. The average Bonchev–Trinajstić information content (AvgIpc) is 2.43. The number of ether oxygens (including phenoxy) is 1. The lowest BCUT2D eigenvalue weighted by Gasteiger charge is -2.21. The first-order valence-corrected chi connectivity index (χ1v) is 5.08. The molecule has 1 saturated heterocycles. The molecular formula is C10H16N2O2. The van der Waals surface area contributed by atoms with Crippen LogP contribution in [0.5, 0.6) is 0 Å². The Bertz CT molecular complexity index is 278. The van der Waals surface area contributed by atoms with Gasteiger partial charge in [0, 0.05) is 12.5 Å². The molecule has 0 aliphatic carbocycles. The van der Waals surface area contributed by atoms with Gasteiger partial charge < -0.3 is 10.1 Å². The van der Waals surface area contributed by atoms with Gasteiger partial charge in [-0.05, 0) is 26.7 Å². The highest BCUT2D eigenvalue weighted by molar-refractivity contribution is 6.08. The molecule has 2 rings (SSSR count). The number of aliphatic imine (C=N–C) groups is 1. The van der Waals surface area contributed by atoms with Crippen LogP contribution >= 0.6 is 0 Å². The molecule has 0 spiro atoms. The van der Waals surface area contributed by atoms with Crippen molar-refractivity contribution in [2.45, 2.75) is 32.2 Å². The summed E-state index contributed by atoms with van der Waals surface area (Å²) in [6, 6.07) is 0. The van der Waals surface area contributed by atoms with Gasteiger partial charge in [-0.25, -0.2) is 0 Å². The first-order valence-electron chi connectivity index (χ1n) is 5.08. The molecule has 0 bridgehead atoms. The number of hydrogen-bond acceptors (Lipinski definition) is 3. The summed E-state index contributed by atoms with van der Waals surface area (Å²) in [6.07, 6.45) is 2.12. The minimum absolute atomic E-state index is 0.00178. The van der Waals surface area contributed by atoms with E-state index in [9.17, 15) is 4.79 Å². The fourth-order valence-electron chi connectivity index (χ4n) is 1.80. The second-order valence-corrected chi connectivity index (χ2v) is 4.42. The van der Waals surface area contributed by atoms with Gasteiger partial charge in [0.2, 0.25) is 0 Å². The van der Waals surface area contributed by atoms with E-state index in [0.717, 1.165) is 25.3 Å². The molecule has 2 heterocycles. The number of hydrogen-bond donors (Lipinski definition) is 1. The van der Waals surface area contributed by atoms with Crippen LogP contribution in [0.25, 0.3) is 0 Å². The predicted octanol–water partition coefficient (Wildman–Crippen LogP) is 0.720. The molecule has 4 heteroatoms. The minimum Gasteiger partial charge on any atom is -0.381 e. The third-order valence-electron chi connectivity index (χ3n) is 2.74. The highest BCUT2D eigenvalue weighted by atomic mass is 16.5. The lowest BCUT2D eigenvalue weighted by molar-refractivity contribution is -0.122. The summed E-state index contributed by atoms with van der Waals surface area (Å²) in [6.45, 7) is 5.19. The van der Waals surface area contributed by atoms with Crippen molar-refractivity contribution in [3.8, 4) is 0 Å². The smallest absolute Gasteiger partial charge is 0.252 e. The molecule has 1 fully saturated rings. The number of nitrogens with one attached hydrogen (secondary N) is 1. The van der Waals surface area contributed by atoms with Gasteiger partial charge in [0.05, 0.1) is 6.61 Å². The maximum Gasteiger partial charge on any atom is 0.252 e. The number of amides is 1. The third-order valence-corrected chi connectivity index (χ3v) is 2.74. The van der Waals surface area contributed by atoms with Crippen molar-refractivity contribution in [2.24, 2.45) is 10.9 Å². The van der Waals surface area contributed by atoms with Crippen LogP contribution in [0, 0.1) is 5.92 Å². The molecule has 0 aromatic rings. The van der Waals surface area contributed by atoms with E-state index in [4.69, 9.17) is 4.74 Å². The monoisotopic (exact) mass is 196 g/mol. The van der Waals surface area contributed by atoms with Crippen molar-refractivity contribution in [3.05, 3.63) is 0 Å². The highest BCUT2D eigenvalue weighted by Gasteiger charge is 2.37. The third kappa shape index (κ3) is 1.66. The zero-order valence-electron chi connectivity index (χ0n) is 8.67. The number of rotatable bonds is 1. The van der Waals surface area contributed by atoms with Gasteiger partial charge in [-0.2, -0.15) is 0 Å². The molecule has 4 nitrogen and oxygen atoms in total. The van der Waals surface area contributed by atoms with Crippen molar-refractivity contribution in [1.29, 1.82) is 0 Å². The van der Waals surface area contributed by atoms with Gasteiger partial charge in [0.25, 0.3) is 5.91 Å². The Balaban J connectivity index is 2.09. The molecule has 14 heavy (non-hydrogen) atoms. The predicted molar refractivity (Wildman–Crippen MR) is 53.2 cm³/mol. The van der Waals surface area contributed by atoms with E-state index in [2.05, 4.69) is 10.3 Å². The van der Waals surface area contributed by atoms with Crippen molar-refractivity contribution in [2.75, 3.05) is 13.2 Å². The Kier molecular flexibility index (Phi) is 2.31. The summed E-state index contributed by atoms with van der Waals surface area (Å²) in [5, 5.41) is 2.84. The standard InChI is InChI=1S/C10H16N2O2/c1-10(2)9(13)11-8(12-10)7-4-3-5-14-6-7/h7H,3-6H2,1-2H3,(H,11,12,13). The second-order valence-electron chi connectivity index (χ2n) is 4.42. The molecule has 2 aliphatic heterocycles. The maximum atomic E-state index is 11.5. The van der Waals surface area contributed by atoms with Crippen molar-refractivity contribution in [3.63, 3.8) is 0 Å². The van der Waals surface area contributed by atoms with Crippen LogP contribution < -0.4 is 5.32 Å². The normalized spacial score (nSPS) is 31.1. The quantitative estimate of drug-likeness (QED) is 0.671. The maximum absolute atomic E-state index is 11.5. The Hall–Kier alpha value is -0.900. The Morgan fingerprint density at radius 3 is 2.86 bits per heavy atom. The van der Waals surface area contributed by atoms with Crippen molar-refractivity contribution >= 4 is 11.7 Å². The van der Waals surface area contributed by atoms with E-state index in [0.29, 0.717) is 6.61 Å². The van der Waals surface area contributed by atoms with Crippen LogP contribution in [-0.4, -0.2) is 30.5 Å². The minimum atomic E-state index is -0.590. The van der Waals surface area contributed by atoms with Crippen molar-refractivity contribution in [1.82, 2.24) is 5.32 Å². The van der Waals surface area contributed by atoms with Crippen LogP contribution in [0.1, 0.15) is 26.7 Å². The summed E-state index contributed by atoms with van der Waals surface area (Å²) in [4.78, 5) is 15.9. The van der Waals surface area contributed by atoms with Gasteiger partial charge in [-0.1, -0.05) is 0 Å². The number of nitrogens with zero attached hydrogens (tertiary/aromatic N) is 1. The highest BCUT2D eigenvalue weighted by Crippen LogP contribution is 2.22. The van der Waals surface area contributed by atoms with Crippen LogP contribution in [-0.2, 0) is 9.53 Å². The van der Waals surface area contributed by atoms with Crippen molar-refractivity contribution < 1.29 is 9.53 Å². The Morgan fingerprint density at radius 2 is 2.36 bits per heavy atom. The van der Waals surface area contributed by atoms with Gasteiger partial charge >= 0.3 is 0 Å². The van der Waals surface area contributed by atoms with Gasteiger partial charge in [-0.3, -0.25) is 9.79 Å². The molecule has 1 N–H and O–H groups in total. The number of carbonyl (C=O) groups is 1. The van der Waals surface area contributed by atoms with E-state index in [1.54, 1.807) is 0 Å². The van der Waals surface area contributed by atoms with Crippen LogP contribution in [0.15, 0.2) is 4.99 Å². The number of amidine groups is 1. The Morgan fingerprint density at radius 1 is 1.57 bits per heavy atom. The molecule has 0 aromatic heterocycles. The molecule has 0 saturated carbocycles. The van der Waals surface area contributed by atoms with Crippen LogP contribution in [0.3, 0.4) is 0 Å². The SMILES string of the molecule is CC1(C)N=C(C2CCCOC2)NC1=O. The lowest BCUT2D eigenvalue weighted by atomic mass is 10.0. The zero-order chi connectivity index (χ0) is 10.2. The molecule has 1 atom stereocenters. The number of carbonyl (C=O) groups excluding carboxylic acids is 1. The lowest BCUT2D eigenvalue weighted by Crippen LogP contribution is -2.38. The van der Waals surface area contributed by atoms with Crippen LogP contribution in [0.4, 0.5) is 0 Å². The summed E-state index contributed by atoms with van der Waals surface area (Å²) in [5.41, 5.74) is -0.590. The zero-order valence-corrected chi connectivity index (χ0v) is 8.67. The summed E-state index contributed by atoms with van der Waals surface area (Å²) < 4.78 is 5.37. The largest absolute Gasteiger partial charge is 0.381 e. The first kappa shape index (κ1) is 9.65. The van der Waals surface area contributed by atoms with Crippen LogP contribution in [0.2, 0.25) is 0 Å². The molecular weight excluding hydrogens is 180 g/mol. The second kappa shape index (κ2) is 3.35. The molecule has 78 valence electrons. The van der Waals surface area contributed by atoms with E-state index in [-0.39, 0.29) is 11.8 Å². The Labute approximate surface area is 83.7 Å². The fourth-order valence-corrected chi connectivity index (χ4v) is 1.80. The average molecular weight is 196 g/mol. The van der Waals surface area contributed by atoms with E-state index < -0.39 is 5.54 Å². The molecule has 1 unspecified atom stereocenters. The van der Waals surface area contributed by atoms with Gasteiger partial charge in [0.15, 0.2) is 0 Å². The topological polar surface area (TPSA) is 50.7 Å². The first-order chi connectivity index (χ1) is 6.59. The van der Waals surface area contributed by atoms with Gasteiger partial charge in [-0.15, -0.1) is 0 Å². The molecule has 0 radical (unpaired) electrons. The molecule has 0 aromatic carbocycles. The van der Waals surface area contributed by atoms with E-state index in [1.807, 2.05) is 13.8 Å². The molecule has 2 aliphatic rings. The van der Waals surface area contributed by atoms with E-state index >= 15 is 0 Å². The summed E-state index contributed by atoms with van der Waals surface area (Å²) in [5.74, 6) is 1.10. The molecule has 1 amide bonds. The summed E-state index contributed by atoms with van der Waals surface area (Å²) in [7, 11) is 0. The van der Waals surface area contributed by atoms with E-state index in [1.165, 1.54) is 0 Å². The van der Waals surface area contributed by atoms with Gasteiger partial charge in [0.1, 0.15) is 11.4 Å².